The van der Waals surface area contributed by atoms with Gasteiger partial charge in [0.1, 0.15) is 11.5 Å². The lowest BCUT2D eigenvalue weighted by Crippen LogP contribution is -2.12. The smallest absolute Gasteiger partial charge is 0.224 e. The number of hydrogen-bond acceptors (Lipinski definition) is 2. The minimum Gasteiger partial charge on any atom is -0.466 e. The lowest BCUT2D eigenvalue weighted by Gasteiger charge is -2.07. The fourth-order valence-electron chi connectivity index (χ4n) is 2.61. The second-order valence-electron chi connectivity index (χ2n) is 5.99. The standard InChI is InChI=1S/C18H21NO2/c1-12-5-3-4-6-16(12)19-18(20)10-8-14-7-9-17(21-14)15-11-13(15)2/h3-7,9,13,15H,8,10-11H2,1-2H3,(H,19,20)/t13-,15-/m0/s1. The van der Waals surface area contributed by atoms with E-state index < -0.39 is 0 Å². The summed E-state index contributed by atoms with van der Waals surface area (Å²) in [4.78, 5) is 12.0. The van der Waals surface area contributed by atoms with Crippen molar-refractivity contribution >= 4 is 11.6 Å². The number of rotatable bonds is 5. The lowest BCUT2D eigenvalue weighted by molar-refractivity contribution is -0.116. The van der Waals surface area contributed by atoms with Crippen molar-refractivity contribution in [3.05, 3.63) is 53.5 Å². The van der Waals surface area contributed by atoms with Crippen molar-refractivity contribution in [3.63, 3.8) is 0 Å². The topological polar surface area (TPSA) is 42.2 Å². The van der Waals surface area contributed by atoms with Gasteiger partial charge in [0.15, 0.2) is 0 Å². The first kappa shape index (κ1) is 13.9. The number of nitrogens with one attached hydrogen (secondary N) is 1. The number of anilines is 1. The average molecular weight is 283 g/mol. The van der Waals surface area contributed by atoms with E-state index in [4.69, 9.17) is 4.42 Å². The van der Waals surface area contributed by atoms with E-state index in [9.17, 15) is 4.79 Å². The van der Waals surface area contributed by atoms with Gasteiger partial charge in [-0.25, -0.2) is 0 Å². The Kier molecular flexibility index (Phi) is 3.82. The molecule has 110 valence electrons. The molecule has 3 rings (SSSR count). The third-order valence-corrected chi connectivity index (χ3v) is 4.17. The van der Waals surface area contributed by atoms with Gasteiger partial charge < -0.3 is 9.73 Å². The zero-order valence-electron chi connectivity index (χ0n) is 12.6. The fraction of sp³-hybridized carbons (Fsp3) is 0.389. The van der Waals surface area contributed by atoms with Gasteiger partial charge in [0.25, 0.3) is 0 Å². The molecular formula is C18H21NO2. The second kappa shape index (κ2) is 5.76. The Labute approximate surface area is 125 Å². The van der Waals surface area contributed by atoms with Crippen LogP contribution >= 0.6 is 0 Å². The summed E-state index contributed by atoms with van der Waals surface area (Å²) in [5, 5.41) is 2.95. The summed E-state index contributed by atoms with van der Waals surface area (Å²) < 4.78 is 5.82. The number of para-hydroxylation sites is 1. The van der Waals surface area contributed by atoms with Crippen molar-refractivity contribution in [2.45, 2.75) is 39.0 Å². The third kappa shape index (κ3) is 3.35. The van der Waals surface area contributed by atoms with Gasteiger partial charge in [0.05, 0.1) is 0 Å². The number of hydrogen-bond donors (Lipinski definition) is 1. The molecule has 1 amide bonds. The predicted octanol–water partition coefficient (Wildman–Crippen LogP) is 4.28. The molecule has 2 atom stereocenters. The van der Waals surface area contributed by atoms with Crippen LogP contribution in [0.2, 0.25) is 0 Å². The summed E-state index contributed by atoms with van der Waals surface area (Å²) in [5.41, 5.74) is 1.96. The zero-order chi connectivity index (χ0) is 14.8. The summed E-state index contributed by atoms with van der Waals surface area (Å²) in [6.07, 6.45) is 2.32. The van der Waals surface area contributed by atoms with E-state index in [-0.39, 0.29) is 5.91 Å². The van der Waals surface area contributed by atoms with Crippen LogP contribution in [0.25, 0.3) is 0 Å². The molecule has 1 aromatic carbocycles. The fourth-order valence-corrected chi connectivity index (χ4v) is 2.61. The molecule has 21 heavy (non-hydrogen) atoms. The highest BCUT2D eigenvalue weighted by atomic mass is 16.3. The first-order valence-electron chi connectivity index (χ1n) is 7.57. The first-order valence-corrected chi connectivity index (χ1v) is 7.57. The van der Waals surface area contributed by atoms with E-state index in [1.165, 1.54) is 6.42 Å². The normalized spacial score (nSPS) is 20.3. The first-order chi connectivity index (χ1) is 10.1. The number of aryl methyl sites for hydroxylation is 2. The van der Waals surface area contributed by atoms with E-state index in [0.29, 0.717) is 18.8 Å². The Balaban J connectivity index is 1.52. The number of carbonyl (C=O) groups is 1. The van der Waals surface area contributed by atoms with Gasteiger partial charge in [-0.05, 0) is 43.0 Å². The minimum atomic E-state index is 0.0297. The molecule has 1 N–H and O–H groups in total. The Morgan fingerprint density at radius 3 is 2.76 bits per heavy atom. The summed E-state index contributed by atoms with van der Waals surface area (Å²) in [6.45, 7) is 4.23. The van der Waals surface area contributed by atoms with E-state index >= 15 is 0 Å². The molecule has 1 saturated carbocycles. The Morgan fingerprint density at radius 2 is 2.05 bits per heavy atom. The Hall–Kier alpha value is -2.03. The van der Waals surface area contributed by atoms with Crippen LogP contribution in [-0.2, 0) is 11.2 Å². The van der Waals surface area contributed by atoms with E-state index in [1.54, 1.807) is 0 Å². The largest absolute Gasteiger partial charge is 0.466 e. The van der Waals surface area contributed by atoms with Gasteiger partial charge in [0, 0.05) is 24.4 Å². The molecule has 0 spiro atoms. The molecule has 0 aliphatic heterocycles. The number of amides is 1. The van der Waals surface area contributed by atoms with Gasteiger partial charge in [-0.15, -0.1) is 0 Å². The van der Waals surface area contributed by atoms with Crippen LogP contribution in [0.3, 0.4) is 0 Å². The Bertz CT molecular complexity index is 644. The van der Waals surface area contributed by atoms with E-state index in [2.05, 4.69) is 18.3 Å². The van der Waals surface area contributed by atoms with Crippen LogP contribution in [0.15, 0.2) is 40.8 Å². The molecule has 3 heteroatoms. The SMILES string of the molecule is Cc1ccccc1NC(=O)CCc1ccc([C@H]2C[C@@H]2C)o1. The zero-order valence-corrected chi connectivity index (χ0v) is 12.6. The van der Waals surface area contributed by atoms with Crippen molar-refractivity contribution in [1.29, 1.82) is 0 Å². The monoisotopic (exact) mass is 283 g/mol. The number of carbonyl (C=O) groups excluding carboxylic acids is 1. The molecule has 2 aromatic rings. The maximum atomic E-state index is 12.0. The molecule has 1 fully saturated rings. The molecule has 0 bridgehead atoms. The molecule has 1 heterocycles. The maximum absolute atomic E-state index is 12.0. The highest BCUT2D eigenvalue weighted by molar-refractivity contribution is 5.91. The Morgan fingerprint density at radius 1 is 1.29 bits per heavy atom. The molecule has 3 nitrogen and oxygen atoms in total. The van der Waals surface area contributed by atoms with Crippen LogP contribution in [0.4, 0.5) is 5.69 Å². The number of benzene rings is 1. The van der Waals surface area contributed by atoms with Crippen LogP contribution in [-0.4, -0.2) is 5.91 Å². The molecule has 1 aliphatic rings. The van der Waals surface area contributed by atoms with E-state index in [0.717, 1.165) is 28.7 Å². The van der Waals surface area contributed by atoms with Crippen LogP contribution in [0, 0.1) is 12.8 Å². The quantitative estimate of drug-likeness (QED) is 0.889. The molecular weight excluding hydrogens is 262 g/mol. The van der Waals surface area contributed by atoms with Crippen LogP contribution < -0.4 is 5.32 Å². The third-order valence-electron chi connectivity index (χ3n) is 4.17. The molecule has 0 saturated heterocycles. The summed E-state index contributed by atoms with van der Waals surface area (Å²) in [5.74, 6) is 3.36. The lowest BCUT2D eigenvalue weighted by atomic mass is 10.2. The highest BCUT2D eigenvalue weighted by Crippen LogP contribution is 2.47. The second-order valence-corrected chi connectivity index (χ2v) is 5.99. The summed E-state index contributed by atoms with van der Waals surface area (Å²) in [7, 11) is 0. The summed E-state index contributed by atoms with van der Waals surface area (Å²) in [6, 6.07) is 11.9. The maximum Gasteiger partial charge on any atom is 0.224 e. The van der Waals surface area contributed by atoms with Crippen molar-refractivity contribution in [2.75, 3.05) is 5.32 Å². The average Bonchev–Trinajstić information content (AvgIpc) is 3.01. The number of furan rings is 1. The molecule has 1 aromatic heterocycles. The summed E-state index contributed by atoms with van der Waals surface area (Å²) >= 11 is 0. The van der Waals surface area contributed by atoms with Gasteiger partial charge in [-0.3, -0.25) is 4.79 Å². The van der Waals surface area contributed by atoms with Crippen LogP contribution in [0.5, 0.6) is 0 Å². The molecule has 1 aliphatic carbocycles. The van der Waals surface area contributed by atoms with Crippen molar-refractivity contribution in [3.8, 4) is 0 Å². The molecule has 0 radical (unpaired) electrons. The van der Waals surface area contributed by atoms with Gasteiger partial charge >= 0.3 is 0 Å². The predicted molar refractivity (Wildman–Crippen MR) is 83.4 cm³/mol. The van der Waals surface area contributed by atoms with Crippen molar-refractivity contribution in [2.24, 2.45) is 5.92 Å². The van der Waals surface area contributed by atoms with Crippen LogP contribution in [0.1, 0.15) is 42.8 Å². The van der Waals surface area contributed by atoms with Gasteiger partial charge in [-0.1, -0.05) is 25.1 Å². The van der Waals surface area contributed by atoms with Gasteiger partial charge in [-0.2, -0.15) is 0 Å². The van der Waals surface area contributed by atoms with Crippen molar-refractivity contribution in [1.82, 2.24) is 0 Å². The minimum absolute atomic E-state index is 0.0297. The van der Waals surface area contributed by atoms with Gasteiger partial charge in [0.2, 0.25) is 5.91 Å². The highest BCUT2D eigenvalue weighted by Gasteiger charge is 2.36. The van der Waals surface area contributed by atoms with Crippen molar-refractivity contribution < 1.29 is 9.21 Å². The molecule has 0 unspecified atom stereocenters. The van der Waals surface area contributed by atoms with E-state index in [1.807, 2.05) is 37.3 Å².